The SMILES string of the molecule is CCN(CC(=O)O)C1CC(Nc2cccc(C#N)c2[N+](=O)[O-])C1. The number of carboxylic acids is 1. The summed E-state index contributed by atoms with van der Waals surface area (Å²) in [6, 6.07) is 6.63. The molecule has 0 heterocycles. The van der Waals surface area contributed by atoms with E-state index in [0.29, 0.717) is 12.2 Å². The fraction of sp³-hybridized carbons (Fsp3) is 0.467. The molecule has 23 heavy (non-hydrogen) atoms. The first-order chi connectivity index (χ1) is 11.0. The van der Waals surface area contributed by atoms with Gasteiger partial charge >= 0.3 is 11.7 Å². The number of nitro benzene ring substituents is 1. The fourth-order valence-electron chi connectivity index (χ4n) is 2.84. The van der Waals surface area contributed by atoms with Crippen LogP contribution in [0.3, 0.4) is 0 Å². The van der Waals surface area contributed by atoms with Gasteiger partial charge in [0.2, 0.25) is 0 Å². The first kappa shape index (κ1) is 16.7. The molecule has 2 rings (SSSR count). The van der Waals surface area contributed by atoms with E-state index in [-0.39, 0.29) is 29.9 Å². The summed E-state index contributed by atoms with van der Waals surface area (Å²) in [6.07, 6.45) is 1.43. The van der Waals surface area contributed by atoms with E-state index in [9.17, 15) is 14.9 Å². The van der Waals surface area contributed by atoms with Gasteiger partial charge in [-0.2, -0.15) is 5.26 Å². The summed E-state index contributed by atoms with van der Waals surface area (Å²) < 4.78 is 0. The minimum Gasteiger partial charge on any atom is -0.480 e. The molecule has 1 fully saturated rings. The van der Waals surface area contributed by atoms with Crippen molar-refractivity contribution in [2.45, 2.75) is 31.8 Å². The zero-order chi connectivity index (χ0) is 17.0. The van der Waals surface area contributed by atoms with E-state index in [1.807, 2.05) is 17.9 Å². The van der Waals surface area contributed by atoms with E-state index in [2.05, 4.69) is 5.32 Å². The average Bonchev–Trinajstić information content (AvgIpc) is 2.47. The van der Waals surface area contributed by atoms with Crippen molar-refractivity contribution >= 4 is 17.3 Å². The van der Waals surface area contributed by atoms with Gasteiger partial charge in [-0.1, -0.05) is 13.0 Å². The molecule has 0 radical (unpaired) electrons. The molecule has 1 aromatic rings. The Balaban J connectivity index is 2.02. The Morgan fingerprint density at radius 2 is 2.26 bits per heavy atom. The molecular formula is C15H18N4O4. The molecule has 2 N–H and O–H groups in total. The van der Waals surface area contributed by atoms with Gasteiger partial charge in [0.1, 0.15) is 17.3 Å². The van der Waals surface area contributed by atoms with Gasteiger partial charge < -0.3 is 10.4 Å². The van der Waals surface area contributed by atoms with E-state index >= 15 is 0 Å². The Bertz CT molecular complexity index is 649. The molecule has 1 aliphatic carbocycles. The van der Waals surface area contributed by atoms with Gasteiger partial charge in [-0.05, 0) is 31.5 Å². The second-order valence-corrected chi connectivity index (χ2v) is 5.49. The number of nitrogens with one attached hydrogen (secondary N) is 1. The van der Waals surface area contributed by atoms with Crippen molar-refractivity contribution in [3.05, 3.63) is 33.9 Å². The molecule has 0 bridgehead atoms. The summed E-state index contributed by atoms with van der Waals surface area (Å²) >= 11 is 0. The lowest BCUT2D eigenvalue weighted by Gasteiger charge is -2.42. The number of nitro groups is 1. The van der Waals surface area contributed by atoms with E-state index in [4.69, 9.17) is 10.4 Å². The maximum atomic E-state index is 11.2. The molecule has 0 atom stereocenters. The Morgan fingerprint density at radius 1 is 1.57 bits per heavy atom. The minimum atomic E-state index is -0.861. The predicted octanol–water partition coefficient (Wildman–Crippen LogP) is 1.82. The molecule has 0 aromatic heterocycles. The van der Waals surface area contributed by atoms with Crippen molar-refractivity contribution in [3.63, 3.8) is 0 Å². The number of nitrogens with zero attached hydrogens (tertiary/aromatic N) is 3. The number of aliphatic carboxylic acids is 1. The van der Waals surface area contributed by atoms with Gasteiger partial charge in [-0.3, -0.25) is 19.8 Å². The van der Waals surface area contributed by atoms with Crippen LogP contribution in [0.15, 0.2) is 18.2 Å². The number of hydrogen-bond donors (Lipinski definition) is 2. The smallest absolute Gasteiger partial charge is 0.317 e. The van der Waals surface area contributed by atoms with Crippen molar-refractivity contribution < 1.29 is 14.8 Å². The molecule has 8 heteroatoms. The number of hydrogen-bond acceptors (Lipinski definition) is 6. The molecule has 1 aromatic carbocycles. The van der Waals surface area contributed by atoms with Crippen molar-refractivity contribution in [1.29, 1.82) is 5.26 Å². The number of anilines is 1. The van der Waals surface area contributed by atoms with E-state index in [0.717, 1.165) is 12.8 Å². The summed E-state index contributed by atoms with van der Waals surface area (Å²) in [5, 5.41) is 32.1. The molecule has 0 spiro atoms. The standard InChI is InChI=1S/C15H18N4O4/c1-2-18(9-14(20)21)12-6-11(7-12)17-13-5-3-4-10(8-16)15(13)19(22)23/h3-5,11-12,17H,2,6-7,9H2,1H3,(H,20,21). The van der Waals surface area contributed by atoms with Crippen LogP contribution in [0.1, 0.15) is 25.3 Å². The van der Waals surface area contributed by atoms with Crippen LogP contribution in [0.5, 0.6) is 0 Å². The highest BCUT2D eigenvalue weighted by molar-refractivity contribution is 5.69. The van der Waals surface area contributed by atoms with Crippen LogP contribution in [-0.2, 0) is 4.79 Å². The lowest BCUT2D eigenvalue weighted by atomic mass is 9.85. The van der Waals surface area contributed by atoms with Gasteiger partial charge in [0.15, 0.2) is 0 Å². The van der Waals surface area contributed by atoms with Gasteiger partial charge in [-0.15, -0.1) is 0 Å². The predicted molar refractivity (Wildman–Crippen MR) is 83.1 cm³/mol. The van der Waals surface area contributed by atoms with Crippen LogP contribution in [0.2, 0.25) is 0 Å². The van der Waals surface area contributed by atoms with Crippen molar-refractivity contribution in [2.75, 3.05) is 18.4 Å². The number of rotatable bonds is 7. The number of carbonyl (C=O) groups is 1. The first-order valence-electron chi connectivity index (χ1n) is 7.36. The number of nitriles is 1. The summed E-state index contributed by atoms with van der Waals surface area (Å²) in [7, 11) is 0. The molecule has 0 amide bonds. The summed E-state index contributed by atoms with van der Waals surface area (Å²) in [5.41, 5.74) is 0.145. The number of likely N-dealkylation sites (N-methyl/N-ethyl adjacent to an activating group) is 1. The highest BCUT2D eigenvalue weighted by Crippen LogP contribution is 2.33. The summed E-state index contributed by atoms with van der Waals surface area (Å²) in [4.78, 5) is 23.3. The zero-order valence-electron chi connectivity index (χ0n) is 12.7. The van der Waals surface area contributed by atoms with Crippen LogP contribution in [0.25, 0.3) is 0 Å². The number of benzene rings is 1. The second kappa shape index (κ2) is 7.07. The third-order valence-corrected chi connectivity index (χ3v) is 4.07. The molecular weight excluding hydrogens is 300 g/mol. The average molecular weight is 318 g/mol. The molecule has 0 saturated heterocycles. The molecule has 0 unspecified atom stereocenters. The monoisotopic (exact) mass is 318 g/mol. The lowest BCUT2D eigenvalue weighted by molar-refractivity contribution is -0.384. The third-order valence-electron chi connectivity index (χ3n) is 4.07. The summed E-state index contributed by atoms with van der Waals surface area (Å²) in [5.74, 6) is -0.861. The molecule has 1 saturated carbocycles. The van der Waals surface area contributed by atoms with Crippen LogP contribution < -0.4 is 5.32 Å². The molecule has 1 aliphatic rings. The number of para-hydroxylation sites is 1. The zero-order valence-corrected chi connectivity index (χ0v) is 12.7. The van der Waals surface area contributed by atoms with Crippen LogP contribution in [0.4, 0.5) is 11.4 Å². The van der Waals surface area contributed by atoms with Crippen molar-refractivity contribution in [2.24, 2.45) is 0 Å². The highest BCUT2D eigenvalue weighted by atomic mass is 16.6. The topological polar surface area (TPSA) is 120 Å². The van der Waals surface area contributed by atoms with Gasteiger partial charge in [0.05, 0.1) is 11.5 Å². The molecule has 8 nitrogen and oxygen atoms in total. The van der Waals surface area contributed by atoms with Crippen LogP contribution in [-0.4, -0.2) is 46.1 Å². The molecule has 0 aliphatic heterocycles. The van der Waals surface area contributed by atoms with Crippen molar-refractivity contribution in [3.8, 4) is 6.07 Å². The van der Waals surface area contributed by atoms with Gasteiger partial charge in [0.25, 0.3) is 0 Å². The Kier molecular flexibility index (Phi) is 5.13. The van der Waals surface area contributed by atoms with Crippen LogP contribution in [0, 0.1) is 21.4 Å². The van der Waals surface area contributed by atoms with E-state index < -0.39 is 10.9 Å². The molecule has 122 valence electrons. The largest absolute Gasteiger partial charge is 0.480 e. The van der Waals surface area contributed by atoms with E-state index in [1.54, 1.807) is 12.1 Å². The van der Waals surface area contributed by atoms with Crippen molar-refractivity contribution in [1.82, 2.24) is 4.90 Å². The maximum Gasteiger partial charge on any atom is 0.317 e. The normalized spacial score (nSPS) is 19.7. The number of carboxylic acid groups (broad SMARTS) is 1. The lowest BCUT2D eigenvalue weighted by Crippen LogP contribution is -2.51. The first-order valence-corrected chi connectivity index (χ1v) is 7.36. The van der Waals surface area contributed by atoms with Gasteiger partial charge in [-0.25, -0.2) is 0 Å². The maximum absolute atomic E-state index is 11.2. The quantitative estimate of drug-likeness (QED) is 0.581. The third kappa shape index (κ3) is 3.76. The van der Waals surface area contributed by atoms with Crippen LogP contribution >= 0.6 is 0 Å². The Labute approximate surface area is 133 Å². The van der Waals surface area contributed by atoms with Gasteiger partial charge in [0, 0.05) is 12.1 Å². The highest BCUT2D eigenvalue weighted by Gasteiger charge is 2.35. The Hall–Kier alpha value is -2.66. The Morgan fingerprint density at radius 3 is 2.78 bits per heavy atom. The fourth-order valence-corrected chi connectivity index (χ4v) is 2.84. The van der Waals surface area contributed by atoms with E-state index in [1.165, 1.54) is 6.07 Å². The second-order valence-electron chi connectivity index (χ2n) is 5.49. The minimum absolute atomic E-state index is 0.00203. The summed E-state index contributed by atoms with van der Waals surface area (Å²) in [6.45, 7) is 2.55.